The van der Waals surface area contributed by atoms with E-state index in [2.05, 4.69) is 22.2 Å². The lowest BCUT2D eigenvalue weighted by Crippen LogP contribution is -2.37. The fourth-order valence-electron chi connectivity index (χ4n) is 1.06. The average molecular weight is 248 g/mol. The lowest BCUT2D eigenvalue weighted by atomic mass is 10.6. The third-order valence-corrected chi connectivity index (χ3v) is 3.75. The number of nitrogens with two attached hydrogens (primary N) is 1. The van der Waals surface area contributed by atoms with Crippen LogP contribution in [0.1, 0.15) is 6.92 Å². The van der Waals surface area contributed by atoms with Gasteiger partial charge in [0, 0.05) is 6.54 Å². The summed E-state index contributed by atoms with van der Waals surface area (Å²) in [7, 11) is -3.56. The molecule has 0 atom stereocenters. The first-order valence-corrected chi connectivity index (χ1v) is 6.10. The van der Waals surface area contributed by atoms with E-state index >= 15 is 0 Å². The van der Waals surface area contributed by atoms with Gasteiger partial charge in [-0.15, -0.1) is 0 Å². The standard InChI is InChI=1S/C7H12N4O2S2/c1-2-11(4-6(8)14)15(12,13)7-3-9-5-10-7/h3,5H,2,4H2,1H3,(H2,8,14)(H,9,10). The molecule has 0 aliphatic carbocycles. The molecule has 0 saturated heterocycles. The fourth-order valence-corrected chi connectivity index (χ4v) is 2.62. The molecule has 8 heteroatoms. The molecule has 84 valence electrons. The molecule has 0 unspecified atom stereocenters. The molecule has 1 rings (SSSR count). The van der Waals surface area contributed by atoms with Crippen molar-refractivity contribution in [3.8, 4) is 0 Å². The summed E-state index contributed by atoms with van der Waals surface area (Å²) in [6.07, 6.45) is 2.55. The summed E-state index contributed by atoms with van der Waals surface area (Å²) in [4.78, 5) is 6.34. The number of imidazole rings is 1. The molecular weight excluding hydrogens is 236 g/mol. The number of aromatic nitrogens is 2. The van der Waals surface area contributed by atoms with Gasteiger partial charge in [-0.25, -0.2) is 13.4 Å². The Morgan fingerprint density at radius 3 is 2.80 bits per heavy atom. The number of nitrogens with zero attached hydrogens (tertiary/aromatic N) is 2. The van der Waals surface area contributed by atoms with Crippen molar-refractivity contribution >= 4 is 27.2 Å². The number of hydrogen-bond donors (Lipinski definition) is 2. The minimum Gasteiger partial charge on any atom is -0.392 e. The molecule has 0 aromatic carbocycles. The molecule has 0 radical (unpaired) electrons. The first-order chi connectivity index (χ1) is 6.98. The minimum atomic E-state index is -3.56. The third-order valence-electron chi connectivity index (χ3n) is 1.78. The second-order valence-corrected chi connectivity index (χ2v) is 5.24. The molecular formula is C7H12N4O2S2. The van der Waals surface area contributed by atoms with Crippen molar-refractivity contribution in [3.05, 3.63) is 12.5 Å². The van der Waals surface area contributed by atoms with E-state index in [4.69, 9.17) is 5.73 Å². The molecule has 0 bridgehead atoms. The van der Waals surface area contributed by atoms with Gasteiger partial charge in [-0.2, -0.15) is 4.31 Å². The van der Waals surface area contributed by atoms with Crippen LogP contribution in [0.25, 0.3) is 0 Å². The van der Waals surface area contributed by atoms with Crippen LogP contribution in [0.3, 0.4) is 0 Å². The second-order valence-electron chi connectivity index (χ2n) is 2.81. The molecule has 1 aromatic heterocycles. The first-order valence-electron chi connectivity index (χ1n) is 4.25. The van der Waals surface area contributed by atoms with Crippen LogP contribution in [0.5, 0.6) is 0 Å². The van der Waals surface area contributed by atoms with E-state index in [1.165, 1.54) is 16.8 Å². The minimum absolute atomic E-state index is 0.0349. The van der Waals surface area contributed by atoms with Crippen molar-refractivity contribution in [2.75, 3.05) is 13.1 Å². The lowest BCUT2D eigenvalue weighted by molar-refractivity contribution is 0.465. The number of thiocarbonyl (C=S) groups is 1. The van der Waals surface area contributed by atoms with Crippen LogP contribution in [0.2, 0.25) is 0 Å². The molecule has 0 aliphatic rings. The molecule has 6 nitrogen and oxygen atoms in total. The molecule has 0 spiro atoms. The zero-order valence-corrected chi connectivity index (χ0v) is 9.81. The number of sulfonamides is 1. The summed E-state index contributed by atoms with van der Waals surface area (Å²) in [5.41, 5.74) is 5.32. The monoisotopic (exact) mass is 248 g/mol. The highest BCUT2D eigenvalue weighted by Gasteiger charge is 2.24. The fraction of sp³-hybridized carbons (Fsp3) is 0.429. The Kier molecular flexibility index (Phi) is 3.77. The summed E-state index contributed by atoms with van der Waals surface area (Å²) in [5.74, 6) is 0. The highest BCUT2D eigenvalue weighted by molar-refractivity contribution is 7.89. The number of hydrogen-bond acceptors (Lipinski definition) is 4. The van der Waals surface area contributed by atoms with Gasteiger partial charge in [0.25, 0.3) is 10.0 Å². The topological polar surface area (TPSA) is 92.1 Å². The number of aromatic amines is 1. The van der Waals surface area contributed by atoms with E-state index in [9.17, 15) is 8.42 Å². The van der Waals surface area contributed by atoms with Gasteiger partial charge in [0.05, 0.1) is 24.1 Å². The molecule has 0 aliphatic heterocycles. The van der Waals surface area contributed by atoms with E-state index in [0.29, 0.717) is 6.54 Å². The van der Waals surface area contributed by atoms with Crippen LogP contribution in [0.4, 0.5) is 0 Å². The van der Waals surface area contributed by atoms with Gasteiger partial charge < -0.3 is 10.7 Å². The Morgan fingerprint density at radius 1 is 1.73 bits per heavy atom. The number of nitrogens with one attached hydrogen (secondary N) is 1. The maximum atomic E-state index is 11.9. The summed E-state index contributed by atoms with van der Waals surface area (Å²) in [6.45, 7) is 2.05. The van der Waals surface area contributed by atoms with Crippen molar-refractivity contribution in [3.63, 3.8) is 0 Å². The predicted molar refractivity (Wildman–Crippen MR) is 59.8 cm³/mol. The van der Waals surface area contributed by atoms with E-state index < -0.39 is 10.0 Å². The van der Waals surface area contributed by atoms with E-state index in [1.54, 1.807) is 6.92 Å². The molecule has 15 heavy (non-hydrogen) atoms. The summed E-state index contributed by atoms with van der Waals surface area (Å²) in [6, 6.07) is 0. The van der Waals surface area contributed by atoms with Crippen molar-refractivity contribution in [2.45, 2.75) is 11.9 Å². The average Bonchev–Trinajstić information content (AvgIpc) is 2.66. The highest BCUT2D eigenvalue weighted by Crippen LogP contribution is 2.10. The largest absolute Gasteiger partial charge is 0.392 e. The molecule has 0 saturated carbocycles. The zero-order valence-electron chi connectivity index (χ0n) is 8.17. The highest BCUT2D eigenvalue weighted by atomic mass is 32.2. The molecule has 0 fully saturated rings. The molecule has 1 aromatic rings. The van der Waals surface area contributed by atoms with E-state index in [1.807, 2.05) is 0 Å². The number of likely N-dealkylation sites (N-methyl/N-ethyl adjacent to an activating group) is 1. The van der Waals surface area contributed by atoms with Crippen molar-refractivity contribution in [2.24, 2.45) is 5.73 Å². The van der Waals surface area contributed by atoms with Crippen molar-refractivity contribution in [1.82, 2.24) is 14.3 Å². The van der Waals surface area contributed by atoms with Crippen LogP contribution in [-0.2, 0) is 10.0 Å². The zero-order chi connectivity index (χ0) is 11.5. The Morgan fingerprint density at radius 2 is 2.40 bits per heavy atom. The third kappa shape index (κ3) is 2.74. The summed E-state index contributed by atoms with van der Waals surface area (Å²) >= 11 is 4.68. The second kappa shape index (κ2) is 4.69. The summed E-state index contributed by atoms with van der Waals surface area (Å²) in [5, 5.41) is 0.0422. The maximum absolute atomic E-state index is 11.9. The van der Waals surface area contributed by atoms with Gasteiger partial charge in [0.1, 0.15) is 0 Å². The van der Waals surface area contributed by atoms with Crippen LogP contribution in [0.15, 0.2) is 17.6 Å². The van der Waals surface area contributed by atoms with Gasteiger partial charge in [-0.3, -0.25) is 0 Å². The Bertz CT molecular complexity index is 426. The Hall–Kier alpha value is -0.990. The number of H-pyrrole nitrogens is 1. The quantitative estimate of drug-likeness (QED) is 0.698. The van der Waals surface area contributed by atoms with E-state index in [-0.39, 0.29) is 16.6 Å². The molecule has 0 amide bonds. The Balaban J connectivity index is 2.98. The van der Waals surface area contributed by atoms with Gasteiger partial charge in [-0.1, -0.05) is 19.1 Å². The smallest absolute Gasteiger partial charge is 0.260 e. The van der Waals surface area contributed by atoms with E-state index in [0.717, 1.165) is 0 Å². The van der Waals surface area contributed by atoms with Gasteiger partial charge in [-0.05, 0) is 0 Å². The maximum Gasteiger partial charge on any atom is 0.260 e. The van der Waals surface area contributed by atoms with Gasteiger partial charge >= 0.3 is 0 Å². The van der Waals surface area contributed by atoms with Crippen molar-refractivity contribution < 1.29 is 8.42 Å². The molecule has 3 N–H and O–H groups in total. The Labute approximate surface area is 93.5 Å². The normalized spacial score (nSPS) is 11.9. The van der Waals surface area contributed by atoms with Crippen LogP contribution in [-0.4, -0.2) is 40.8 Å². The predicted octanol–water partition coefficient (Wildman–Crippen LogP) is -0.294. The van der Waals surface area contributed by atoms with Crippen LogP contribution >= 0.6 is 12.2 Å². The lowest BCUT2D eigenvalue weighted by Gasteiger charge is -2.18. The van der Waals surface area contributed by atoms with Crippen molar-refractivity contribution in [1.29, 1.82) is 0 Å². The van der Waals surface area contributed by atoms with Crippen LogP contribution < -0.4 is 5.73 Å². The SMILES string of the molecule is CCN(CC(N)=S)S(=O)(=O)c1cnc[nH]1. The summed E-state index contributed by atoms with van der Waals surface area (Å²) < 4.78 is 25.0. The first kappa shape index (κ1) is 12.1. The molecule has 1 heterocycles. The van der Waals surface area contributed by atoms with Gasteiger partial charge in [0.15, 0.2) is 5.03 Å². The number of rotatable bonds is 5. The van der Waals surface area contributed by atoms with Gasteiger partial charge in [0.2, 0.25) is 0 Å². The van der Waals surface area contributed by atoms with Crippen LogP contribution in [0, 0.1) is 0 Å².